The van der Waals surface area contributed by atoms with Crippen LogP contribution in [0.15, 0.2) is 47.4 Å². The van der Waals surface area contributed by atoms with Crippen LogP contribution in [0.3, 0.4) is 0 Å². The Morgan fingerprint density at radius 1 is 1.08 bits per heavy atom. The molecule has 0 bridgehead atoms. The number of ether oxygens (including phenoxy) is 1. The molecule has 2 aromatic rings. The first-order valence-electron chi connectivity index (χ1n) is 7.91. The molecule has 0 fully saturated rings. The average Bonchev–Trinajstić information content (AvgIpc) is 2.63. The molecule has 0 aliphatic carbocycles. The fourth-order valence-electron chi connectivity index (χ4n) is 2.21. The molecule has 26 heavy (non-hydrogen) atoms. The van der Waals surface area contributed by atoms with E-state index in [9.17, 15) is 18.0 Å². The molecule has 0 aliphatic rings. The number of esters is 1. The van der Waals surface area contributed by atoms with Gasteiger partial charge in [0.25, 0.3) is 5.91 Å². The number of hydrogen-bond acceptors (Lipinski definition) is 5. The van der Waals surface area contributed by atoms with Crippen LogP contribution in [-0.4, -0.2) is 33.9 Å². The summed E-state index contributed by atoms with van der Waals surface area (Å²) in [6, 6.07) is 10.5. The Kier molecular flexibility index (Phi) is 6.12. The van der Waals surface area contributed by atoms with E-state index in [1.165, 1.54) is 37.4 Å². The van der Waals surface area contributed by atoms with Gasteiger partial charge in [-0.15, -0.1) is 0 Å². The predicted molar refractivity (Wildman–Crippen MR) is 97.8 cm³/mol. The van der Waals surface area contributed by atoms with Crippen LogP contribution < -0.4 is 10.0 Å². The Hall–Kier alpha value is -2.71. The molecule has 0 saturated heterocycles. The van der Waals surface area contributed by atoms with Crippen molar-refractivity contribution in [2.75, 3.05) is 19.0 Å². The van der Waals surface area contributed by atoms with Crippen molar-refractivity contribution in [1.82, 2.24) is 4.72 Å². The second-order valence-electron chi connectivity index (χ2n) is 5.44. The summed E-state index contributed by atoms with van der Waals surface area (Å²) in [5.41, 5.74) is 1.70. The predicted octanol–water partition coefficient (Wildman–Crippen LogP) is 2.33. The van der Waals surface area contributed by atoms with Gasteiger partial charge in [0.15, 0.2) is 0 Å². The van der Waals surface area contributed by atoms with Gasteiger partial charge in [-0.05, 0) is 56.8 Å². The molecular formula is C18H20N2O5S. The van der Waals surface area contributed by atoms with Gasteiger partial charge in [-0.1, -0.05) is 12.1 Å². The van der Waals surface area contributed by atoms with Crippen LogP contribution in [0.1, 0.15) is 33.2 Å². The van der Waals surface area contributed by atoms with E-state index in [0.29, 0.717) is 11.3 Å². The molecular weight excluding hydrogens is 356 g/mol. The van der Waals surface area contributed by atoms with Crippen LogP contribution in [0.5, 0.6) is 0 Å². The molecule has 2 rings (SSSR count). The number of aryl methyl sites for hydroxylation is 1. The van der Waals surface area contributed by atoms with Crippen molar-refractivity contribution in [3.63, 3.8) is 0 Å². The van der Waals surface area contributed by atoms with E-state index < -0.39 is 21.9 Å². The first kappa shape index (κ1) is 19.6. The summed E-state index contributed by atoms with van der Waals surface area (Å²) in [6.07, 6.45) is 0. The number of anilines is 1. The SMILES string of the molecule is CCOC(=O)c1ccc(C)c(NC(=O)c2cccc(S(=O)(=O)NC)c2)c1. The van der Waals surface area contributed by atoms with Gasteiger partial charge < -0.3 is 10.1 Å². The molecule has 0 unspecified atom stereocenters. The number of benzene rings is 2. The normalized spacial score (nSPS) is 11.0. The molecule has 2 N–H and O–H groups in total. The van der Waals surface area contributed by atoms with E-state index >= 15 is 0 Å². The van der Waals surface area contributed by atoms with Gasteiger partial charge >= 0.3 is 5.97 Å². The number of hydrogen-bond donors (Lipinski definition) is 2. The van der Waals surface area contributed by atoms with Crippen molar-refractivity contribution in [2.24, 2.45) is 0 Å². The van der Waals surface area contributed by atoms with E-state index in [2.05, 4.69) is 10.0 Å². The summed E-state index contributed by atoms with van der Waals surface area (Å²) in [5, 5.41) is 2.70. The van der Waals surface area contributed by atoms with Gasteiger partial charge in [0.2, 0.25) is 10.0 Å². The second-order valence-corrected chi connectivity index (χ2v) is 7.33. The Morgan fingerprint density at radius 2 is 1.81 bits per heavy atom. The highest BCUT2D eigenvalue weighted by Crippen LogP contribution is 2.19. The molecule has 138 valence electrons. The van der Waals surface area contributed by atoms with Gasteiger partial charge in [0.05, 0.1) is 17.1 Å². The molecule has 1 amide bonds. The Bertz CT molecular complexity index is 938. The molecule has 0 aliphatic heterocycles. The third-order valence-electron chi connectivity index (χ3n) is 3.67. The number of amides is 1. The van der Waals surface area contributed by atoms with E-state index in [0.717, 1.165) is 5.56 Å². The fraction of sp³-hybridized carbons (Fsp3) is 0.222. The van der Waals surface area contributed by atoms with Gasteiger partial charge in [-0.3, -0.25) is 4.79 Å². The Balaban J connectivity index is 2.29. The smallest absolute Gasteiger partial charge is 0.338 e. The highest BCUT2D eigenvalue weighted by Gasteiger charge is 2.16. The van der Waals surface area contributed by atoms with E-state index in [1.54, 1.807) is 26.0 Å². The number of nitrogens with one attached hydrogen (secondary N) is 2. The van der Waals surface area contributed by atoms with E-state index in [4.69, 9.17) is 4.74 Å². The number of carbonyl (C=O) groups is 2. The lowest BCUT2D eigenvalue weighted by atomic mass is 10.1. The molecule has 0 saturated carbocycles. The summed E-state index contributed by atoms with van der Waals surface area (Å²) >= 11 is 0. The molecule has 0 aromatic heterocycles. The molecule has 0 atom stereocenters. The third-order valence-corrected chi connectivity index (χ3v) is 5.08. The van der Waals surface area contributed by atoms with Crippen molar-refractivity contribution >= 4 is 27.6 Å². The minimum absolute atomic E-state index is 0.00959. The van der Waals surface area contributed by atoms with Gasteiger partial charge in [0.1, 0.15) is 0 Å². The lowest BCUT2D eigenvalue weighted by Crippen LogP contribution is -2.20. The Labute approximate surface area is 152 Å². The number of carbonyl (C=O) groups excluding carboxylic acids is 2. The largest absolute Gasteiger partial charge is 0.462 e. The summed E-state index contributed by atoms with van der Waals surface area (Å²) in [4.78, 5) is 24.3. The monoisotopic (exact) mass is 376 g/mol. The highest BCUT2D eigenvalue weighted by atomic mass is 32.2. The van der Waals surface area contributed by atoms with Crippen molar-refractivity contribution in [2.45, 2.75) is 18.7 Å². The molecule has 0 heterocycles. The fourth-order valence-corrected chi connectivity index (χ4v) is 2.99. The standard InChI is InChI=1S/C18H20N2O5S/c1-4-25-18(22)14-9-8-12(2)16(11-14)20-17(21)13-6-5-7-15(10-13)26(23,24)19-3/h5-11,19H,4H2,1-3H3,(H,20,21). The summed E-state index contributed by atoms with van der Waals surface area (Å²) in [5.74, 6) is -0.965. The molecule has 0 spiro atoms. The summed E-state index contributed by atoms with van der Waals surface area (Å²) in [7, 11) is -2.35. The zero-order valence-electron chi connectivity index (χ0n) is 14.7. The number of rotatable bonds is 6. The second kappa shape index (κ2) is 8.11. The van der Waals surface area contributed by atoms with Crippen LogP contribution >= 0.6 is 0 Å². The highest BCUT2D eigenvalue weighted by molar-refractivity contribution is 7.89. The lowest BCUT2D eigenvalue weighted by molar-refractivity contribution is 0.0526. The quantitative estimate of drug-likeness (QED) is 0.754. The minimum atomic E-state index is -3.65. The van der Waals surface area contributed by atoms with Crippen LogP contribution in [0, 0.1) is 6.92 Å². The third kappa shape index (κ3) is 4.47. The maximum absolute atomic E-state index is 12.5. The van der Waals surface area contributed by atoms with Gasteiger partial charge in [-0.2, -0.15) is 0 Å². The molecule has 2 aromatic carbocycles. The first-order chi connectivity index (χ1) is 12.3. The van der Waals surface area contributed by atoms with Gasteiger partial charge in [-0.25, -0.2) is 17.9 Å². The van der Waals surface area contributed by atoms with Crippen molar-refractivity contribution in [1.29, 1.82) is 0 Å². The van der Waals surface area contributed by atoms with Crippen molar-refractivity contribution < 1.29 is 22.7 Å². The maximum atomic E-state index is 12.5. The van der Waals surface area contributed by atoms with Crippen LogP contribution in [0.2, 0.25) is 0 Å². The van der Waals surface area contributed by atoms with Crippen LogP contribution in [0.4, 0.5) is 5.69 Å². The van der Waals surface area contributed by atoms with Crippen LogP contribution in [0.25, 0.3) is 0 Å². The van der Waals surface area contributed by atoms with Crippen molar-refractivity contribution in [3.05, 3.63) is 59.2 Å². The number of sulfonamides is 1. The van der Waals surface area contributed by atoms with Gasteiger partial charge in [0, 0.05) is 11.3 Å². The van der Waals surface area contributed by atoms with Crippen molar-refractivity contribution in [3.8, 4) is 0 Å². The van der Waals surface area contributed by atoms with Crippen LogP contribution in [-0.2, 0) is 14.8 Å². The first-order valence-corrected chi connectivity index (χ1v) is 9.39. The minimum Gasteiger partial charge on any atom is -0.462 e. The zero-order valence-corrected chi connectivity index (χ0v) is 15.5. The Morgan fingerprint density at radius 3 is 2.46 bits per heavy atom. The lowest BCUT2D eigenvalue weighted by Gasteiger charge is -2.11. The molecule has 8 heteroatoms. The summed E-state index contributed by atoms with van der Waals surface area (Å²) in [6.45, 7) is 3.74. The maximum Gasteiger partial charge on any atom is 0.338 e. The average molecular weight is 376 g/mol. The topological polar surface area (TPSA) is 102 Å². The van der Waals surface area contributed by atoms with E-state index in [-0.39, 0.29) is 17.1 Å². The zero-order chi connectivity index (χ0) is 19.3. The molecule has 0 radical (unpaired) electrons. The summed E-state index contributed by atoms with van der Waals surface area (Å²) < 4.78 is 30.9. The van der Waals surface area contributed by atoms with E-state index in [1.807, 2.05) is 0 Å². The molecule has 7 nitrogen and oxygen atoms in total.